The van der Waals surface area contributed by atoms with Gasteiger partial charge >= 0.3 is 0 Å². The van der Waals surface area contributed by atoms with Crippen molar-refractivity contribution in [1.29, 1.82) is 0 Å². The summed E-state index contributed by atoms with van der Waals surface area (Å²) in [5.74, 6) is 0.469. The second-order valence-corrected chi connectivity index (χ2v) is 10.2. The molecule has 0 spiro atoms. The Morgan fingerprint density at radius 1 is 1.11 bits per heavy atom. The van der Waals surface area contributed by atoms with Crippen LogP contribution in [0.4, 0.5) is 0 Å². The molecule has 0 radical (unpaired) electrons. The molecule has 5 rings (SSSR count). The van der Waals surface area contributed by atoms with Crippen molar-refractivity contribution in [1.82, 2.24) is 20.0 Å². The molecule has 7 heteroatoms. The van der Waals surface area contributed by atoms with Crippen molar-refractivity contribution in [2.45, 2.75) is 70.6 Å². The lowest BCUT2D eigenvalue weighted by molar-refractivity contribution is -0.134. The van der Waals surface area contributed by atoms with Crippen LogP contribution in [0.25, 0.3) is 11.3 Å². The Labute approximate surface area is 212 Å². The summed E-state index contributed by atoms with van der Waals surface area (Å²) in [5.41, 5.74) is 3.16. The first kappa shape index (κ1) is 24.1. The number of aromatic nitrogens is 2. The maximum absolute atomic E-state index is 14.0. The molecule has 0 bridgehead atoms. The van der Waals surface area contributed by atoms with Gasteiger partial charge in [0.2, 0.25) is 5.91 Å². The quantitative estimate of drug-likeness (QED) is 0.547. The Morgan fingerprint density at radius 3 is 2.53 bits per heavy atom. The van der Waals surface area contributed by atoms with E-state index in [9.17, 15) is 9.59 Å². The molecular weight excluding hydrogens is 452 g/mol. The van der Waals surface area contributed by atoms with E-state index in [0.29, 0.717) is 24.5 Å². The van der Waals surface area contributed by atoms with Gasteiger partial charge in [0.05, 0.1) is 19.3 Å². The third-order valence-electron chi connectivity index (χ3n) is 7.70. The molecule has 1 aromatic heterocycles. The number of hydrogen-bond donors (Lipinski definition) is 1. The summed E-state index contributed by atoms with van der Waals surface area (Å²) in [6, 6.07) is 17.6. The third kappa shape index (κ3) is 4.50. The number of carbonyl (C=O) groups excluding carboxylic acids is 2. The van der Waals surface area contributed by atoms with E-state index >= 15 is 0 Å². The molecule has 2 amide bonds. The Morgan fingerprint density at radius 2 is 1.83 bits per heavy atom. The van der Waals surface area contributed by atoms with E-state index in [4.69, 9.17) is 9.84 Å². The molecule has 2 aliphatic rings. The highest BCUT2D eigenvalue weighted by Gasteiger charge is 2.48. The van der Waals surface area contributed by atoms with Crippen LogP contribution in [0.2, 0.25) is 0 Å². The largest absolute Gasteiger partial charge is 0.497 e. The van der Waals surface area contributed by atoms with Gasteiger partial charge in [0.25, 0.3) is 5.91 Å². The monoisotopic (exact) mass is 486 g/mol. The summed E-state index contributed by atoms with van der Waals surface area (Å²) in [6.07, 6.45) is 5.45. The van der Waals surface area contributed by atoms with Gasteiger partial charge < -0.3 is 15.0 Å². The van der Waals surface area contributed by atoms with Crippen LogP contribution in [0.1, 0.15) is 60.6 Å². The normalized spacial score (nSPS) is 20.2. The number of hydrogen-bond acceptors (Lipinski definition) is 4. The van der Waals surface area contributed by atoms with E-state index in [0.717, 1.165) is 48.1 Å². The van der Waals surface area contributed by atoms with Crippen LogP contribution >= 0.6 is 0 Å². The number of benzene rings is 2. The predicted molar refractivity (Wildman–Crippen MR) is 139 cm³/mol. The van der Waals surface area contributed by atoms with Crippen molar-refractivity contribution in [2.75, 3.05) is 7.11 Å². The van der Waals surface area contributed by atoms with Gasteiger partial charge in [-0.3, -0.25) is 14.3 Å². The first-order chi connectivity index (χ1) is 17.4. The Balaban J connectivity index is 1.51. The fraction of sp³-hybridized carbons (Fsp3) is 0.414. The standard InChI is InChI=1S/C29H34N4O3/c1-20-9-7-8-10-22(20)18-32-27(34)26-17-25(21-13-15-24(36-3)16-14-21)31-33(26)19-29(32,2)28(35)30-23-11-5-4-6-12-23/h7-10,13-17,23H,4-6,11-12,18-19H2,1-3H3,(H,30,35)/t29-/m0/s1. The van der Waals surface area contributed by atoms with Gasteiger partial charge in [0.15, 0.2) is 0 Å². The molecule has 36 heavy (non-hydrogen) atoms. The van der Waals surface area contributed by atoms with E-state index in [1.54, 1.807) is 16.7 Å². The van der Waals surface area contributed by atoms with Crippen molar-refractivity contribution < 1.29 is 14.3 Å². The average molecular weight is 487 g/mol. The molecule has 2 aromatic carbocycles. The van der Waals surface area contributed by atoms with Gasteiger partial charge in [-0.05, 0) is 68.1 Å². The number of carbonyl (C=O) groups is 2. The smallest absolute Gasteiger partial charge is 0.273 e. The second-order valence-electron chi connectivity index (χ2n) is 10.2. The topological polar surface area (TPSA) is 76.5 Å². The van der Waals surface area contributed by atoms with Crippen LogP contribution in [0.15, 0.2) is 54.6 Å². The maximum Gasteiger partial charge on any atom is 0.273 e. The Kier molecular flexibility index (Phi) is 6.56. The molecule has 0 saturated heterocycles. The first-order valence-corrected chi connectivity index (χ1v) is 12.8. The minimum atomic E-state index is -1.06. The third-order valence-corrected chi connectivity index (χ3v) is 7.70. The summed E-state index contributed by atoms with van der Waals surface area (Å²) < 4.78 is 6.97. The number of nitrogens with zero attached hydrogens (tertiary/aromatic N) is 3. The molecular formula is C29H34N4O3. The number of amides is 2. The first-order valence-electron chi connectivity index (χ1n) is 12.8. The van der Waals surface area contributed by atoms with Gasteiger partial charge in [0, 0.05) is 18.2 Å². The van der Waals surface area contributed by atoms with Crippen molar-refractivity contribution >= 4 is 11.8 Å². The molecule has 1 fully saturated rings. The van der Waals surface area contributed by atoms with Crippen LogP contribution in [0.3, 0.4) is 0 Å². The molecule has 2 heterocycles. The summed E-state index contributed by atoms with van der Waals surface area (Å²) in [4.78, 5) is 29.5. The molecule has 1 aliphatic heterocycles. The van der Waals surface area contributed by atoms with E-state index in [-0.39, 0.29) is 17.9 Å². The Hall–Kier alpha value is -3.61. The van der Waals surface area contributed by atoms with E-state index in [1.165, 1.54) is 6.42 Å². The minimum Gasteiger partial charge on any atom is -0.497 e. The van der Waals surface area contributed by atoms with Crippen molar-refractivity contribution in [3.05, 3.63) is 71.4 Å². The zero-order valence-electron chi connectivity index (χ0n) is 21.3. The van der Waals surface area contributed by atoms with Gasteiger partial charge in [-0.15, -0.1) is 0 Å². The Bertz CT molecular complexity index is 1260. The molecule has 1 aliphatic carbocycles. The number of ether oxygens (including phenoxy) is 1. The molecule has 7 nitrogen and oxygen atoms in total. The molecule has 188 valence electrons. The van der Waals surface area contributed by atoms with E-state index in [2.05, 4.69) is 5.32 Å². The van der Waals surface area contributed by atoms with Crippen LogP contribution in [-0.2, 0) is 17.9 Å². The summed E-state index contributed by atoms with van der Waals surface area (Å²) >= 11 is 0. The zero-order valence-corrected chi connectivity index (χ0v) is 21.3. The van der Waals surface area contributed by atoms with Crippen LogP contribution in [0.5, 0.6) is 5.75 Å². The van der Waals surface area contributed by atoms with Gasteiger partial charge in [-0.1, -0.05) is 43.5 Å². The van der Waals surface area contributed by atoms with Crippen molar-refractivity contribution in [2.24, 2.45) is 0 Å². The lowest BCUT2D eigenvalue weighted by atomic mass is 9.91. The highest BCUT2D eigenvalue weighted by atomic mass is 16.5. The molecule has 0 unspecified atom stereocenters. The second kappa shape index (κ2) is 9.80. The van der Waals surface area contributed by atoms with Gasteiger partial charge in [-0.2, -0.15) is 5.10 Å². The number of methoxy groups -OCH3 is 1. The lowest BCUT2D eigenvalue weighted by Crippen LogP contribution is -2.64. The summed E-state index contributed by atoms with van der Waals surface area (Å²) in [5, 5.41) is 8.03. The summed E-state index contributed by atoms with van der Waals surface area (Å²) in [6.45, 7) is 4.58. The highest BCUT2D eigenvalue weighted by Crippen LogP contribution is 2.33. The molecule has 1 saturated carbocycles. The van der Waals surface area contributed by atoms with Gasteiger partial charge in [0.1, 0.15) is 17.0 Å². The zero-order chi connectivity index (χ0) is 25.3. The van der Waals surface area contributed by atoms with E-state index in [1.807, 2.05) is 68.4 Å². The lowest BCUT2D eigenvalue weighted by Gasteiger charge is -2.44. The van der Waals surface area contributed by atoms with Crippen LogP contribution < -0.4 is 10.1 Å². The maximum atomic E-state index is 14.0. The molecule has 3 aromatic rings. The number of fused-ring (bicyclic) bond motifs is 1. The summed E-state index contributed by atoms with van der Waals surface area (Å²) in [7, 11) is 1.63. The van der Waals surface area contributed by atoms with E-state index < -0.39 is 5.54 Å². The highest BCUT2D eigenvalue weighted by molar-refractivity contribution is 6.00. The predicted octanol–water partition coefficient (Wildman–Crippen LogP) is 4.73. The number of nitrogens with one attached hydrogen (secondary N) is 1. The minimum absolute atomic E-state index is 0.108. The average Bonchev–Trinajstić information content (AvgIpc) is 3.32. The van der Waals surface area contributed by atoms with Gasteiger partial charge in [-0.25, -0.2) is 0 Å². The SMILES string of the molecule is COc1ccc(-c2cc3n(n2)C[C@@](C)(C(=O)NC2CCCCC2)N(Cc2ccccc2C)C3=O)cc1. The van der Waals surface area contributed by atoms with Crippen molar-refractivity contribution in [3.8, 4) is 17.0 Å². The molecule has 1 atom stereocenters. The van der Waals surface area contributed by atoms with Crippen LogP contribution in [-0.4, -0.2) is 45.2 Å². The number of rotatable bonds is 6. The number of aryl methyl sites for hydroxylation is 1. The fourth-order valence-electron chi connectivity index (χ4n) is 5.34. The fourth-order valence-corrected chi connectivity index (χ4v) is 5.34. The molecule has 1 N–H and O–H groups in total. The van der Waals surface area contributed by atoms with Crippen LogP contribution in [0, 0.1) is 6.92 Å². The van der Waals surface area contributed by atoms with Crippen molar-refractivity contribution in [3.63, 3.8) is 0 Å².